The van der Waals surface area contributed by atoms with Crippen LogP contribution in [0.4, 0.5) is 0 Å². The van der Waals surface area contributed by atoms with E-state index in [1.54, 1.807) is 17.0 Å². The summed E-state index contributed by atoms with van der Waals surface area (Å²) in [6.07, 6.45) is -0.0994. The van der Waals surface area contributed by atoms with Crippen molar-refractivity contribution in [2.75, 3.05) is 19.9 Å². The molecule has 7 nitrogen and oxygen atoms in total. The molecule has 0 aliphatic carbocycles. The molecule has 0 saturated heterocycles. The number of ether oxygens (including phenoxy) is 2. The maximum absolute atomic E-state index is 10.8. The van der Waals surface area contributed by atoms with E-state index in [0.29, 0.717) is 18.0 Å². The van der Waals surface area contributed by atoms with Gasteiger partial charge in [-0.3, -0.25) is 14.5 Å². The van der Waals surface area contributed by atoms with Gasteiger partial charge in [-0.1, -0.05) is 6.07 Å². The van der Waals surface area contributed by atoms with E-state index in [-0.39, 0.29) is 26.3 Å². The molecular weight excluding hydrogens is 266 g/mol. The number of carbonyl (C=O) groups is 2. The van der Waals surface area contributed by atoms with E-state index in [1.807, 2.05) is 6.07 Å². The predicted octanol–water partition coefficient (Wildman–Crippen LogP) is 0.777. The maximum atomic E-state index is 10.8. The second kappa shape index (κ2) is 6.25. The molecule has 0 radical (unpaired) electrons. The summed E-state index contributed by atoms with van der Waals surface area (Å²) >= 11 is 0. The number of benzene rings is 1. The minimum absolute atomic E-state index is 0.0994. The Morgan fingerprint density at radius 1 is 1.15 bits per heavy atom. The summed E-state index contributed by atoms with van der Waals surface area (Å²) in [5.74, 6) is -0.665. The van der Waals surface area contributed by atoms with Crippen molar-refractivity contribution >= 4 is 11.9 Å². The zero-order chi connectivity index (χ0) is 14.5. The van der Waals surface area contributed by atoms with Crippen molar-refractivity contribution in [2.24, 2.45) is 0 Å². The summed E-state index contributed by atoms with van der Waals surface area (Å²) in [7, 11) is 0. The van der Waals surface area contributed by atoms with Crippen LogP contribution in [0.3, 0.4) is 0 Å². The lowest BCUT2D eigenvalue weighted by Gasteiger charge is -2.19. The highest BCUT2D eigenvalue weighted by molar-refractivity contribution is 5.69. The van der Waals surface area contributed by atoms with E-state index in [4.69, 9.17) is 19.7 Å². The Balaban J connectivity index is 2.02. The number of nitrogens with zero attached hydrogens (tertiary/aromatic N) is 1. The Kier molecular flexibility index (Phi) is 4.41. The molecule has 0 aromatic heterocycles. The van der Waals surface area contributed by atoms with Crippen LogP contribution in [0, 0.1) is 0 Å². The van der Waals surface area contributed by atoms with Gasteiger partial charge in [0, 0.05) is 13.1 Å². The highest BCUT2D eigenvalue weighted by Crippen LogP contribution is 2.32. The number of carboxylic acids is 2. The van der Waals surface area contributed by atoms with Crippen LogP contribution in [-0.2, 0) is 16.1 Å². The first-order valence-electron chi connectivity index (χ1n) is 6.09. The molecule has 2 rings (SSSR count). The molecule has 1 aromatic carbocycles. The van der Waals surface area contributed by atoms with E-state index >= 15 is 0 Å². The molecule has 0 amide bonds. The van der Waals surface area contributed by atoms with Gasteiger partial charge in [-0.05, 0) is 17.7 Å². The van der Waals surface area contributed by atoms with Crippen LogP contribution in [0.25, 0.3) is 0 Å². The molecule has 20 heavy (non-hydrogen) atoms. The van der Waals surface area contributed by atoms with E-state index in [1.165, 1.54) is 0 Å². The summed E-state index contributed by atoms with van der Waals surface area (Å²) in [6.45, 7) is 0.491. The quantitative estimate of drug-likeness (QED) is 0.762. The third-order valence-electron chi connectivity index (χ3n) is 2.84. The summed E-state index contributed by atoms with van der Waals surface area (Å²) in [5, 5.41) is 17.5. The number of hydrogen-bond donors (Lipinski definition) is 2. The largest absolute Gasteiger partial charge is 0.481 e. The molecule has 0 saturated carbocycles. The van der Waals surface area contributed by atoms with Crippen molar-refractivity contribution in [3.63, 3.8) is 0 Å². The molecule has 2 N–H and O–H groups in total. The molecule has 108 valence electrons. The fraction of sp³-hybridized carbons (Fsp3) is 0.385. The summed E-state index contributed by atoms with van der Waals surface area (Å²) in [4.78, 5) is 22.9. The molecular formula is C13H15NO6. The standard InChI is InChI=1S/C13H15NO6/c15-12(16)3-4-14(7-13(17)18)6-9-1-2-10-11(5-9)20-8-19-10/h1-2,5H,3-4,6-8H2,(H,15,16)(H,17,18). The Hall–Kier alpha value is -2.28. The van der Waals surface area contributed by atoms with E-state index in [0.717, 1.165) is 5.56 Å². The average molecular weight is 281 g/mol. The van der Waals surface area contributed by atoms with E-state index in [2.05, 4.69) is 0 Å². The number of hydrogen-bond acceptors (Lipinski definition) is 5. The normalized spacial score (nSPS) is 12.7. The molecule has 1 aliphatic heterocycles. The van der Waals surface area contributed by atoms with Crippen LogP contribution >= 0.6 is 0 Å². The molecule has 0 unspecified atom stereocenters. The third-order valence-corrected chi connectivity index (χ3v) is 2.84. The SMILES string of the molecule is O=C(O)CCN(CC(=O)O)Cc1ccc2c(c1)OCO2. The summed E-state index contributed by atoms with van der Waals surface area (Å²) in [5.41, 5.74) is 0.848. The number of carboxylic acid groups (broad SMARTS) is 2. The van der Waals surface area contributed by atoms with Gasteiger partial charge >= 0.3 is 11.9 Å². The van der Waals surface area contributed by atoms with Gasteiger partial charge < -0.3 is 19.7 Å². The summed E-state index contributed by atoms with van der Waals surface area (Å²) in [6, 6.07) is 5.34. The van der Waals surface area contributed by atoms with Crippen molar-refractivity contribution in [3.05, 3.63) is 23.8 Å². The lowest BCUT2D eigenvalue weighted by Crippen LogP contribution is -2.31. The third kappa shape index (κ3) is 3.86. The minimum Gasteiger partial charge on any atom is -0.481 e. The van der Waals surface area contributed by atoms with Crippen molar-refractivity contribution in [3.8, 4) is 11.5 Å². The second-order valence-corrected chi connectivity index (χ2v) is 4.44. The van der Waals surface area contributed by atoms with Crippen LogP contribution in [0.2, 0.25) is 0 Å². The van der Waals surface area contributed by atoms with Crippen molar-refractivity contribution in [1.29, 1.82) is 0 Å². The molecule has 1 aliphatic rings. The molecule has 0 spiro atoms. The molecule has 1 heterocycles. The van der Waals surface area contributed by atoms with Gasteiger partial charge in [-0.25, -0.2) is 0 Å². The Morgan fingerprint density at radius 3 is 2.60 bits per heavy atom. The fourth-order valence-corrected chi connectivity index (χ4v) is 1.96. The first-order valence-corrected chi connectivity index (χ1v) is 6.09. The minimum atomic E-state index is -0.990. The van der Waals surface area contributed by atoms with Gasteiger partial charge in [-0.15, -0.1) is 0 Å². The molecule has 0 fully saturated rings. The van der Waals surface area contributed by atoms with Gasteiger partial charge in [0.2, 0.25) is 6.79 Å². The van der Waals surface area contributed by atoms with Crippen LogP contribution < -0.4 is 9.47 Å². The zero-order valence-electron chi connectivity index (χ0n) is 10.7. The van der Waals surface area contributed by atoms with Crippen LogP contribution in [0.15, 0.2) is 18.2 Å². The van der Waals surface area contributed by atoms with Crippen molar-refractivity contribution in [2.45, 2.75) is 13.0 Å². The van der Waals surface area contributed by atoms with Crippen molar-refractivity contribution in [1.82, 2.24) is 4.90 Å². The lowest BCUT2D eigenvalue weighted by molar-refractivity contribution is -0.141. The van der Waals surface area contributed by atoms with Crippen molar-refractivity contribution < 1.29 is 29.3 Å². The average Bonchev–Trinajstić information content (AvgIpc) is 2.82. The van der Waals surface area contributed by atoms with Gasteiger partial charge in [0.1, 0.15) is 0 Å². The van der Waals surface area contributed by atoms with Gasteiger partial charge in [0.15, 0.2) is 11.5 Å². The first-order chi connectivity index (χ1) is 9.54. The van der Waals surface area contributed by atoms with Crippen LogP contribution in [0.5, 0.6) is 11.5 Å². The maximum Gasteiger partial charge on any atom is 0.317 e. The Morgan fingerprint density at radius 2 is 1.90 bits per heavy atom. The van der Waals surface area contributed by atoms with Gasteiger partial charge in [-0.2, -0.15) is 0 Å². The molecule has 1 aromatic rings. The lowest BCUT2D eigenvalue weighted by atomic mass is 10.2. The van der Waals surface area contributed by atoms with E-state index < -0.39 is 11.9 Å². The topological polar surface area (TPSA) is 96.3 Å². The van der Waals surface area contributed by atoms with Gasteiger partial charge in [0.05, 0.1) is 13.0 Å². The Bertz CT molecular complexity index is 516. The molecule has 0 bridgehead atoms. The van der Waals surface area contributed by atoms with Crippen LogP contribution in [0.1, 0.15) is 12.0 Å². The fourth-order valence-electron chi connectivity index (χ4n) is 1.96. The van der Waals surface area contributed by atoms with Gasteiger partial charge in [0.25, 0.3) is 0 Å². The summed E-state index contributed by atoms with van der Waals surface area (Å²) < 4.78 is 10.4. The number of fused-ring (bicyclic) bond motifs is 1. The van der Waals surface area contributed by atoms with E-state index in [9.17, 15) is 9.59 Å². The second-order valence-electron chi connectivity index (χ2n) is 4.44. The number of aliphatic carboxylic acids is 2. The monoisotopic (exact) mass is 281 g/mol. The Labute approximate surface area is 115 Å². The highest BCUT2D eigenvalue weighted by Gasteiger charge is 2.16. The zero-order valence-corrected chi connectivity index (χ0v) is 10.7. The molecule has 7 heteroatoms. The molecule has 0 atom stereocenters. The highest BCUT2D eigenvalue weighted by atomic mass is 16.7. The predicted molar refractivity (Wildman–Crippen MR) is 67.7 cm³/mol. The first kappa shape index (κ1) is 14.1. The van der Waals surface area contributed by atoms with Crippen LogP contribution in [-0.4, -0.2) is 46.9 Å². The smallest absolute Gasteiger partial charge is 0.317 e. The number of rotatable bonds is 7.